The van der Waals surface area contributed by atoms with E-state index in [4.69, 9.17) is 9.47 Å². The highest BCUT2D eigenvalue weighted by molar-refractivity contribution is 6.06. The average Bonchev–Trinajstić information content (AvgIpc) is 3.38. The van der Waals surface area contributed by atoms with Crippen LogP contribution >= 0.6 is 0 Å². The van der Waals surface area contributed by atoms with Gasteiger partial charge < -0.3 is 20.1 Å². The van der Waals surface area contributed by atoms with Crippen LogP contribution in [0.3, 0.4) is 0 Å². The molecule has 0 saturated heterocycles. The number of hydrogen-bond donors (Lipinski definition) is 2. The summed E-state index contributed by atoms with van der Waals surface area (Å²) in [7, 11) is 0. The lowest BCUT2D eigenvalue weighted by Crippen LogP contribution is -2.31. The summed E-state index contributed by atoms with van der Waals surface area (Å²) in [5, 5.41) is 18.4. The second-order valence-corrected chi connectivity index (χ2v) is 9.63. The third-order valence-corrected chi connectivity index (χ3v) is 6.87. The number of hydrogen-bond acceptors (Lipinski definition) is 7. The SMILES string of the molecule is CCOc1cc(C2C(C(=O)Nc3cccc(C)c3C)=C(C)Nc3nnnn32)ccc1OCc1cccc(C)c1. The molecule has 4 aromatic rings. The summed E-state index contributed by atoms with van der Waals surface area (Å²) in [6.07, 6.45) is 0. The van der Waals surface area contributed by atoms with Gasteiger partial charge in [-0.25, -0.2) is 0 Å². The minimum Gasteiger partial charge on any atom is -0.490 e. The first-order valence-corrected chi connectivity index (χ1v) is 12.9. The Morgan fingerprint density at radius 2 is 1.82 bits per heavy atom. The third kappa shape index (κ3) is 5.34. The van der Waals surface area contributed by atoms with Crippen molar-refractivity contribution in [2.75, 3.05) is 17.2 Å². The van der Waals surface area contributed by atoms with Crippen LogP contribution in [0.5, 0.6) is 11.5 Å². The molecule has 0 aliphatic carbocycles. The van der Waals surface area contributed by atoms with Crippen molar-refractivity contribution in [3.8, 4) is 11.5 Å². The Bertz CT molecular complexity index is 1560. The zero-order valence-electron chi connectivity index (χ0n) is 22.8. The summed E-state index contributed by atoms with van der Waals surface area (Å²) in [5.74, 6) is 1.42. The molecule has 1 amide bonds. The van der Waals surface area contributed by atoms with Crippen molar-refractivity contribution in [2.45, 2.75) is 47.3 Å². The van der Waals surface area contributed by atoms with Crippen LogP contribution < -0.4 is 20.1 Å². The Balaban J connectivity index is 1.50. The number of aromatic nitrogens is 4. The van der Waals surface area contributed by atoms with Crippen LogP contribution in [0.4, 0.5) is 11.6 Å². The van der Waals surface area contributed by atoms with Crippen LogP contribution in [-0.2, 0) is 11.4 Å². The maximum Gasteiger partial charge on any atom is 0.255 e. The van der Waals surface area contributed by atoms with Crippen molar-refractivity contribution in [1.82, 2.24) is 20.2 Å². The van der Waals surface area contributed by atoms with E-state index in [1.165, 1.54) is 5.56 Å². The van der Waals surface area contributed by atoms with E-state index in [9.17, 15) is 4.79 Å². The molecule has 0 saturated carbocycles. The van der Waals surface area contributed by atoms with E-state index in [0.29, 0.717) is 41.9 Å². The van der Waals surface area contributed by atoms with Crippen LogP contribution in [0.2, 0.25) is 0 Å². The fraction of sp³-hybridized carbons (Fsp3) is 0.267. The molecule has 1 aromatic heterocycles. The molecule has 39 heavy (non-hydrogen) atoms. The van der Waals surface area contributed by atoms with Crippen LogP contribution in [0.25, 0.3) is 0 Å². The summed E-state index contributed by atoms with van der Waals surface area (Å²) in [6.45, 7) is 10.7. The van der Waals surface area contributed by atoms with Crippen LogP contribution in [0.1, 0.15) is 47.7 Å². The van der Waals surface area contributed by atoms with Gasteiger partial charge in [0, 0.05) is 11.4 Å². The molecular formula is C30H32N6O3. The Hall–Kier alpha value is -4.66. The highest BCUT2D eigenvalue weighted by atomic mass is 16.5. The number of carbonyl (C=O) groups is 1. The van der Waals surface area contributed by atoms with Crippen LogP contribution in [0.15, 0.2) is 71.9 Å². The van der Waals surface area contributed by atoms with Crippen molar-refractivity contribution >= 4 is 17.5 Å². The number of anilines is 2. The standard InChI is InChI=1S/C30H32N6O3/c1-6-38-26-16-23(13-14-25(26)39-17-22-11-7-9-18(2)15-22)28-27(21(5)31-30-33-34-35-36(28)30)29(37)32-24-12-8-10-19(3)20(24)4/h7-16,28H,6,17H2,1-5H3,(H,32,37)(H,31,33,35). The lowest BCUT2D eigenvalue weighted by Gasteiger charge is -2.28. The Morgan fingerprint density at radius 1 is 1.00 bits per heavy atom. The van der Waals surface area contributed by atoms with Crippen LogP contribution in [-0.4, -0.2) is 32.7 Å². The van der Waals surface area contributed by atoms with E-state index in [1.807, 2.05) is 76.2 Å². The highest BCUT2D eigenvalue weighted by Gasteiger charge is 2.34. The lowest BCUT2D eigenvalue weighted by molar-refractivity contribution is -0.113. The average molecular weight is 525 g/mol. The van der Waals surface area contributed by atoms with Gasteiger partial charge in [-0.05, 0) is 85.5 Å². The first kappa shape index (κ1) is 26.0. The highest BCUT2D eigenvalue weighted by Crippen LogP contribution is 2.39. The van der Waals surface area contributed by atoms with Gasteiger partial charge in [-0.15, -0.1) is 0 Å². The number of nitrogens with one attached hydrogen (secondary N) is 2. The lowest BCUT2D eigenvalue weighted by atomic mass is 9.94. The summed E-state index contributed by atoms with van der Waals surface area (Å²) >= 11 is 0. The number of fused-ring (bicyclic) bond motifs is 1. The molecule has 3 aromatic carbocycles. The molecule has 1 unspecified atom stereocenters. The van der Waals surface area contributed by atoms with Gasteiger partial charge in [-0.2, -0.15) is 4.68 Å². The second-order valence-electron chi connectivity index (χ2n) is 9.63. The summed E-state index contributed by atoms with van der Waals surface area (Å²) < 4.78 is 13.7. The van der Waals surface area contributed by atoms with Crippen molar-refractivity contribution < 1.29 is 14.3 Å². The molecule has 2 heterocycles. The summed E-state index contributed by atoms with van der Waals surface area (Å²) in [6, 6.07) is 19.2. The zero-order valence-corrected chi connectivity index (χ0v) is 22.8. The molecule has 0 spiro atoms. The number of ether oxygens (including phenoxy) is 2. The fourth-order valence-corrected chi connectivity index (χ4v) is 4.74. The Kier molecular flexibility index (Phi) is 7.31. The van der Waals surface area contributed by atoms with Gasteiger partial charge in [0.2, 0.25) is 5.95 Å². The molecule has 0 fully saturated rings. The fourth-order valence-electron chi connectivity index (χ4n) is 4.74. The number of allylic oxidation sites excluding steroid dienone is 1. The molecule has 9 heteroatoms. The number of amides is 1. The monoisotopic (exact) mass is 524 g/mol. The van der Waals surface area contributed by atoms with E-state index in [0.717, 1.165) is 27.9 Å². The quantitative estimate of drug-likeness (QED) is 0.314. The van der Waals surface area contributed by atoms with Gasteiger partial charge in [-0.3, -0.25) is 4.79 Å². The number of tetrazole rings is 1. The predicted octanol–water partition coefficient (Wildman–Crippen LogP) is 5.50. The molecule has 0 radical (unpaired) electrons. The first-order valence-electron chi connectivity index (χ1n) is 12.9. The number of nitrogens with zero attached hydrogens (tertiary/aromatic N) is 4. The number of rotatable bonds is 8. The number of benzene rings is 3. The van der Waals surface area contributed by atoms with E-state index in [1.54, 1.807) is 4.68 Å². The van der Waals surface area contributed by atoms with E-state index >= 15 is 0 Å². The third-order valence-electron chi connectivity index (χ3n) is 6.87. The van der Waals surface area contributed by atoms with Crippen LogP contribution in [0, 0.1) is 20.8 Å². The summed E-state index contributed by atoms with van der Waals surface area (Å²) in [5.41, 5.74) is 7.09. The topological polar surface area (TPSA) is 103 Å². The maximum atomic E-state index is 13.8. The Labute approximate surface area is 227 Å². The normalized spacial score (nSPS) is 14.4. The molecule has 200 valence electrons. The molecule has 2 N–H and O–H groups in total. The maximum absolute atomic E-state index is 13.8. The minimum atomic E-state index is -0.577. The summed E-state index contributed by atoms with van der Waals surface area (Å²) in [4.78, 5) is 13.8. The molecule has 9 nitrogen and oxygen atoms in total. The van der Waals surface area contributed by atoms with Gasteiger partial charge in [0.25, 0.3) is 5.91 Å². The van der Waals surface area contributed by atoms with Crippen molar-refractivity contribution in [1.29, 1.82) is 0 Å². The number of aryl methyl sites for hydroxylation is 2. The minimum absolute atomic E-state index is 0.238. The van der Waals surface area contributed by atoms with E-state index in [-0.39, 0.29) is 5.91 Å². The molecule has 5 rings (SSSR count). The first-order chi connectivity index (χ1) is 18.9. The smallest absolute Gasteiger partial charge is 0.255 e. The van der Waals surface area contributed by atoms with Crippen molar-refractivity contribution in [3.63, 3.8) is 0 Å². The second kappa shape index (κ2) is 11.0. The molecule has 1 aliphatic heterocycles. The van der Waals surface area contributed by atoms with Crippen molar-refractivity contribution in [2.24, 2.45) is 0 Å². The van der Waals surface area contributed by atoms with E-state index < -0.39 is 6.04 Å². The molecule has 1 aliphatic rings. The van der Waals surface area contributed by atoms with Gasteiger partial charge in [0.15, 0.2) is 11.5 Å². The molecule has 0 bridgehead atoms. The molecular weight excluding hydrogens is 492 g/mol. The number of carbonyl (C=O) groups excluding carboxylic acids is 1. The van der Waals surface area contributed by atoms with Crippen molar-refractivity contribution in [3.05, 3.63) is 99.8 Å². The zero-order chi connectivity index (χ0) is 27.5. The molecule has 1 atom stereocenters. The van der Waals surface area contributed by atoms with Gasteiger partial charge in [0.05, 0.1) is 12.2 Å². The van der Waals surface area contributed by atoms with Gasteiger partial charge in [-0.1, -0.05) is 53.1 Å². The van der Waals surface area contributed by atoms with Gasteiger partial charge >= 0.3 is 0 Å². The largest absolute Gasteiger partial charge is 0.490 e. The van der Waals surface area contributed by atoms with E-state index in [2.05, 4.69) is 45.2 Å². The van der Waals surface area contributed by atoms with Gasteiger partial charge in [0.1, 0.15) is 12.6 Å². The predicted molar refractivity (Wildman–Crippen MR) is 150 cm³/mol. The Morgan fingerprint density at radius 3 is 2.62 bits per heavy atom.